The van der Waals surface area contributed by atoms with Crippen molar-refractivity contribution in [2.75, 3.05) is 0 Å². The fourth-order valence-corrected chi connectivity index (χ4v) is 12.0. The van der Waals surface area contributed by atoms with Crippen molar-refractivity contribution in [1.82, 2.24) is 14.1 Å². The third-order valence-electron chi connectivity index (χ3n) is 15.9. The van der Waals surface area contributed by atoms with E-state index < -0.39 is 0 Å². The van der Waals surface area contributed by atoms with Gasteiger partial charge in [0.2, 0.25) is 0 Å². The third kappa shape index (κ3) is 8.39. The molecule has 0 atom stereocenters. The van der Waals surface area contributed by atoms with Gasteiger partial charge in [0.05, 0.1) is 87.8 Å². The maximum Gasteiger partial charge on any atom is 0.194 e. The fraction of sp³-hybridized carbons (Fsp3) is 0. The topological polar surface area (TPSA) is 83.4 Å². The number of rotatable bonds is 9. The second-order valence-electron chi connectivity index (χ2n) is 20.5. The highest BCUT2D eigenvalue weighted by atomic mass is 15.0. The van der Waals surface area contributed by atoms with Crippen LogP contribution < -0.4 is 0 Å². The Morgan fingerprint density at radius 2 is 0.667 bits per heavy atom. The molecule has 14 rings (SSSR count). The fourth-order valence-electron chi connectivity index (χ4n) is 12.0. The molecular weight excluding hydrogens is 1020 g/mol. The normalized spacial score (nSPS) is 11.0. The van der Waals surface area contributed by atoms with Gasteiger partial charge in [-0.1, -0.05) is 176 Å². The number of hydrogen-bond acceptors (Lipinski definition) is 3. The number of fused-ring (bicyclic) bond motifs is 6. The van der Waals surface area contributed by atoms with Crippen LogP contribution in [-0.4, -0.2) is 14.1 Å². The number of para-hydroxylation sites is 3. The molecule has 8 heteroatoms. The molecule has 386 valence electrons. The van der Waals surface area contributed by atoms with Gasteiger partial charge in [-0.15, -0.1) is 0 Å². The highest BCUT2D eigenvalue weighted by Crippen LogP contribution is 2.47. The van der Waals surface area contributed by atoms with Gasteiger partial charge < -0.3 is 9.13 Å². The Labute approximate surface area is 484 Å². The molecule has 3 aromatic heterocycles. The lowest BCUT2D eigenvalue weighted by atomic mass is 9.95. The number of pyridine rings is 1. The molecule has 0 amide bonds. The first kappa shape index (κ1) is 49.9. The molecule has 3 heterocycles. The molecule has 0 N–H and O–H groups in total. The minimum absolute atomic E-state index is 0.418. The molecule has 8 nitrogen and oxygen atoms in total. The van der Waals surface area contributed by atoms with E-state index >= 15 is 0 Å². The molecule has 0 saturated carbocycles. The van der Waals surface area contributed by atoms with Crippen LogP contribution in [0.4, 0.5) is 17.1 Å². The van der Waals surface area contributed by atoms with Gasteiger partial charge in [-0.25, -0.2) is 19.5 Å². The summed E-state index contributed by atoms with van der Waals surface area (Å²) in [4.78, 5) is 17.1. The molecule has 0 aliphatic rings. The number of benzene rings is 11. The van der Waals surface area contributed by atoms with E-state index in [1.165, 1.54) is 0 Å². The van der Waals surface area contributed by atoms with Gasteiger partial charge in [0.15, 0.2) is 17.1 Å². The van der Waals surface area contributed by atoms with Gasteiger partial charge >= 0.3 is 0 Å². The average Bonchev–Trinajstić information content (AvgIpc) is 2.89. The van der Waals surface area contributed by atoms with Crippen molar-refractivity contribution in [2.24, 2.45) is 0 Å². The summed E-state index contributed by atoms with van der Waals surface area (Å²) >= 11 is 0. The molecule has 0 aliphatic carbocycles. The Balaban J connectivity index is 1.15. The average molecular weight is 1070 g/mol. The standard InChI is InChI=1S/C76H42N8/c1-79-65-27-15-12-24-58(65)52-31-35-71-62(41-52)61-40-51(57-23-11-10-22-55(57)47-78)30-34-70(61)83(71)74-38-48(46-77)39-75(76(74)56-44-68(49-18-6-4-7-19-49)82-69(45-56)50-20-8-5-9-21-50)84-72-36-32-53(59-25-13-16-28-66(59)80-2)42-63(72)64-43-54(33-37-73(64)84)60-26-14-17-29-67(60)81-3/h4-45H. The summed E-state index contributed by atoms with van der Waals surface area (Å²) in [6, 6.07) is 89.5. The predicted octanol–water partition coefficient (Wildman–Crippen LogP) is 20.3. The van der Waals surface area contributed by atoms with Crippen molar-refractivity contribution < 1.29 is 0 Å². The molecule has 0 unspecified atom stereocenters. The summed E-state index contributed by atoms with van der Waals surface area (Å²) < 4.78 is 4.51. The molecule has 0 radical (unpaired) electrons. The van der Waals surface area contributed by atoms with Gasteiger partial charge in [-0.3, -0.25) is 0 Å². The molecule has 14 aromatic rings. The van der Waals surface area contributed by atoms with Crippen molar-refractivity contribution in [3.8, 4) is 102 Å². The zero-order valence-corrected chi connectivity index (χ0v) is 44.8. The SMILES string of the molecule is [C-]#[N+]c1ccccc1-c1ccc2c(c1)c1cc(-c3ccccc3C#N)ccc1n2-c1cc(C#N)cc(-n2c3ccc(-c4ccccc4[N+]#[C-])cc3c3cc(-c4ccccc4[N+]#[C-])ccc32)c1-c1cc(-c2ccccc2)nc(-c2ccccc2)c1. The van der Waals surface area contributed by atoms with Crippen LogP contribution in [0.5, 0.6) is 0 Å². The zero-order valence-electron chi connectivity index (χ0n) is 44.8. The highest BCUT2D eigenvalue weighted by molar-refractivity contribution is 6.15. The summed E-state index contributed by atoms with van der Waals surface area (Å²) in [5, 5.41) is 25.5. The molecule has 84 heavy (non-hydrogen) atoms. The lowest BCUT2D eigenvalue weighted by Crippen LogP contribution is -2.06. The van der Waals surface area contributed by atoms with E-state index in [1.54, 1.807) is 0 Å². The van der Waals surface area contributed by atoms with Crippen LogP contribution in [0.3, 0.4) is 0 Å². The van der Waals surface area contributed by atoms with E-state index in [0.29, 0.717) is 28.2 Å². The van der Waals surface area contributed by atoms with E-state index in [-0.39, 0.29) is 0 Å². The Kier molecular flexibility index (Phi) is 12.3. The maximum atomic E-state index is 11.5. The molecule has 11 aromatic carbocycles. The van der Waals surface area contributed by atoms with E-state index in [9.17, 15) is 10.5 Å². The van der Waals surface area contributed by atoms with E-state index in [0.717, 1.165) is 133 Å². The van der Waals surface area contributed by atoms with Crippen molar-refractivity contribution in [3.63, 3.8) is 0 Å². The minimum atomic E-state index is 0.418. The molecule has 0 aliphatic heterocycles. The highest BCUT2D eigenvalue weighted by Gasteiger charge is 2.26. The Morgan fingerprint density at radius 3 is 1.04 bits per heavy atom. The monoisotopic (exact) mass is 1070 g/mol. The third-order valence-corrected chi connectivity index (χ3v) is 15.9. The van der Waals surface area contributed by atoms with Crippen molar-refractivity contribution in [2.45, 2.75) is 0 Å². The first-order valence-corrected chi connectivity index (χ1v) is 27.2. The van der Waals surface area contributed by atoms with Crippen LogP contribution in [0.15, 0.2) is 255 Å². The second-order valence-corrected chi connectivity index (χ2v) is 20.5. The Bertz CT molecular complexity index is 4720. The van der Waals surface area contributed by atoms with Crippen molar-refractivity contribution >= 4 is 60.7 Å². The smallest absolute Gasteiger partial charge is 0.194 e. The molecule has 0 spiro atoms. The molecular formula is C76H42N8. The lowest BCUT2D eigenvalue weighted by molar-refractivity contribution is 1.13. The largest absolute Gasteiger partial charge is 0.308 e. The van der Waals surface area contributed by atoms with Crippen molar-refractivity contribution in [1.29, 1.82) is 10.5 Å². The van der Waals surface area contributed by atoms with Crippen LogP contribution in [0.2, 0.25) is 0 Å². The molecule has 0 saturated heterocycles. The number of nitriles is 2. The van der Waals surface area contributed by atoms with Crippen LogP contribution in [0.25, 0.3) is 148 Å². The van der Waals surface area contributed by atoms with Crippen LogP contribution >= 0.6 is 0 Å². The molecule has 0 fully saturated rings. The van der Waals surface area contributed by atoms with E-state index in [4.69, 9.17) is 24.7 Å². The van der Waals surface area contributed by atoms with E-state index in [2.05, 4.69) is 145 Å². The summed E-state index contributed by atoms with van der Waals surface area (Å²) in [6.07, 6.45) is 0. The first-order chi connectivity index (χ1) is 41.4. The summed E-state index contributed by atoms with van der Waals surface area (Å²) in [5.41, 5.74) is 19.2. The quantitative estimate of drug-likeness (QED) is 0.135. The van der Waals surface area contributed by atoms with Gasteiger partial charge in [-0.05, 0) is 129 Å². The lowest BCUT2D eigenvalue weighted by Gasteiger charge is -2.22. The van der Waals surface area contributed by atoms with E-state index in [1.807, 2.05) is 146 Å². The summed E-state index contributed by atoms with van der Waals surface area (Å²) in [5.74, 6) is 0. The van der Waals surface area contributed by atoms with Crippen LogP contribution in [0, 0.1) is 42.4 Å². The number of aromatic nitrogens is 3. The Hall–Kier alpha value is -12.4. The zero-order chi connectivity index (χ0) is 56.8. The minimum Gasteiger partial charge on any atom is -0.308 e. The van der Waals surface area contributed by atoms with Gasteiger partial charge in [0.25, 0.3) is 0 Å². The predicted molar refractivity (Wildman–Crippen MR) is 339 cm³/mol. The van der Waals surface area contributed by atoms with Crippen LogP contribution in [-0.2, 0) is 0 Å². The maximum absolute atomic E-state index is 11.5. The van der Waals surface area contributed by atoms with Crippen LogP contribution in [0.1, 0.15) is 11.1 Å². The first-order valence-electron chi connectivity index (χ1n) is 27.2. The van der Waals surface area contributed by atoms with Gasteiger partial charge in [0.1, 0.15) is 0 Å². The Morgan fingerprint density at radius 1 is 0.321 bits per heavy atom. The molecule has 0 bridgehead atoms. The second kappa shape index (κ2) is 20.7. The number of nitrogens with zero attached hydrogens (tertiary/aromatic N) is 8. The number of hydrogen-bond donors (Lipinski definition) is 0. The summed E-state index contributed by atoms with van der Waals surface area (Å²) in [7, 11) is 0. The van der Waals surface area contributed by atoms with Gasteiger partial charge in [0, 0.05) is 38.2 Å². The van der Waals surface area contributed by atoms with Gasteiger partial charge in [-0.2, -0.15) is 10.5 Å². The summed E-state index contributed by atoms with van der Waals surface area (Å²) in [6.45, 7) is 24.4. The van der Waals surface area contributed by atoms with Crippen molar-refractivity contribution in [3.05, 3.63) is 300 Å².